The quantitative estimate of drug-likeness (QED) is 0.536. The molecule has 0 atom stereocenters. The summed E-state index contributed by atoms with van der Waals surface area (Å²) in [4.78, 5) is 4.44. The van der Waals surface area contributed by atoms with Crippen molar-refractivity contribution in [3.63, 3.8) is 0 Å². The minimum Gasteiger partial charge on any atom is -0.436 e. The molecule has 0 aliphatic rings. The van der Waals surface area contributed by atoms with E-state index in [-0.39, 0.29) is 0 Å². The van der Waals surface area contributed by atoms with Crippen molar-refractivity contribution in [1.29, 1.82) is 5.41 Å². The molecule has 0 aliphatic carbocycles. The first kappa shape index (κ1) is 12.7. The molecule has 20 heavy (non-hydrogen) atoms. The normalized spacial score (nSPS) is 10.7. The van der Waals surface area contributed by atoms with Crippen LogP contribution in [0, 0.1) is 5.41 Å². The van der Waals surface area contributed by atoms with Crippen LogP contribution in [0.1, 0.15) is 6.92 Å². The van der Waals surface area contributed by atoms with Crippen LogP contribution in [-0.4, -0.2) is 10.8 Å². The Labute approximate surface area is 120 Å². The summed E-state index contributed by atoms with van der Waals surface area (Å²) in [5.41, 5.74) is 3.09. The molecule has 1 heterocycles. The molecule has 0 fully saturated rings. The lowest BCUT2D eigenvalue weighted by Gasteiger charge is -2.01. The number of aromatic nitrogens is 1. The van der Waals surface area contributed by atoms with Gasteiger partial charge in [-0.25, -0.2) is 4.98 Å². The second-order valence-electron chi connectivity index (χ2n) is 4.46. The lowest BCUT2D eigenvalue weighted by atomic mass is 10.2. The van der Waals surface area contributed by atoms with Gasteiger partial charge in [0, 0.05) is 22.3 Å². The van der Waals surface area contributed by atoms with Crippen molar-refractivity contribution >= 4 is 34.2 Å². The summed E-state index contributed by atoms with van der Waals surface area (Å²) in [6, 6.07) is 12.9. The summed E-state index contributed by atoms with van der Waals surface area (Å²) in [5.74, 6) is 0.908. The molecule has 3 aromatic rings. The van der Waals surface area contributed by atoms with Crippen molar-refractivity contribution in [3.8, 4) is 11.5 Å². The van der Waals surface area contributed by atoms with Gasteiger partial charge in [0.25, 0.3) is 0 Å². The lowest BCUT2D eigenvalue weighted by molar-refractivity contribution is 0.620. The number of oxazole rings is 1. The van der Waals surface area contributed by atoms with Gasteiger partial charge in [0.15, 0.2) is 5.58 Å². The molecule has 2 N–H and O–H groups in total. The molecule has 0 aliphatic heterocycles. The van der Waals surface area contributed by atoms with Gasteiger partial charge in [-0.3, -0.25) is 5.41 Å². The molecule has 0 saturated heterocycles. The SMILES string of the molecule is CC(=N)Nc1ccc2nc(-c3cccc(Cl)c3)oc2c1. The molecule has 1 aromatic heterocycles. The van der Waals surface area contributed by atoms with Crippen LogP contribution in [-0.2, 0) is 0 Å². The fourth-order valence-electron chi connectivity index (χ4n) is 1.96. The highest BCUT2D eigenvalue weighted by molar-refractivity contribution is 6.30. The van der Waals surface area contributed by atoms with Crippen LogP contribution in [0.5, 0.6) is 0 Å². The van der Waals surface area contributed by atoms with E-state index < -0.39 is 0 Å². The van der Waals surface area contributed by atoms with Crippen LogP contribution >= 0.6 is 11.6 Å². The van der Waals surface area contributed by atoms with Gasteiger partial charge in [0.1, 0.15) is 5.52 Å². The number of nitrogens with one attached hydrogen (secondary N) is 2. The van der Waals surface area contributed by atoms with E-state index >= 15 is 0 Å². The van der Waals surface area contributed by atoms with Gasteiger partial charge in [-0.2, -0.15) is 0 Å². The van der Waals surface area contributed by atoms with Crippen molar-refractivity contribution in [3.05, 3.63) is 47.5 Å². The molecule has 0 radical (unpaired) electrons. The first-order valence-corrected chi connectivity index (χ1v) is 6.48. The van der Waals surface area contributed by atoms with Crippen LogP contribution < -0.4 is 5.32 Å². The van der Waals surface area contributed by atoms with Crippen molar-refractivity contribution in [2.45, 2.75) is 6.92 Å². The maximum Gasteiger partial charge on any atom is 0.227 e. The Morgan fingerprint density at radius 1 is 1.25 bits per heavy atom. The summed E-state index contributed by atoms with van der Waals surface area (Å²) in [6.07, 6.45) is 0. The van der Waals surface area contributed by atoms with E-state index in [0.29, 0.717) is 22.3 Å². The molecule has 3 rings (SSSR count). The van der Waals surface area contributed by atoms with Crippen LogP contribution in [0.2, 0.25) is 5.02 Å². The molecule has 4 nitrogen and oxygen atoms in total. The van der Waals surface area contributed by atoms with Crippen LogP contribution in [0.15, 0.2) is 46.9 Å². The number of benzene rings is 2. The first-order chi connectivity index (χ1) is 9.61. The van der Waals surface area contributed by atoms with Crippen molar-refractivity contribution in [2.24, 2.45) is 0 Å². The van der Waals surface area contributed by atoms with Gasteiger partial charge >= 0.3 is 0 Å². The second kappa shape index (κ2) is 4.98. The van der Waals surface area contributed by atoms with Gasteiger partial charge in [0.2, 0.25) is 5.89 Å². The van der Waals surface area contributed by atoms with E-state index in [1.165, 1.54) is 0 Å². The number of fused-ring (bicyclic) bond motifs is 1. The van der Waals surface area contributed by atoms with E-state index in [0.717, 1.165) is 16.8 Å². The van der Waals surface area contributed by atoms with E-state index in [9.17, 15) is 0 Å². The predicted molar refractivity (Wildman–Crippen MR) is 81.5 cm³/mol. The Hall–Kier alpha value is -2.33. The zero-order valence-electron chi connectivity index (χ0n) is 10.8. The Morgan fingerprint density at radius 2 is 2.10 bits per heavy atom. The minimum absolute atomic E-state index is 0.374. The standard InChI is InChI=1S/C15H12ClN3O/c1-9(17)18-12-5-6-13-14(8-12)20-15(19-13)10-3-2-4-11(16)7-10/h2-8H,1H3,(H2,17,18). The predicted octanol–water partition coefficient (Wildman–Crippen LogP) is 4.56. The molecule has 100 valence electrons. The van der Waals surface area contributed by atoms with Gasteiger partial charge in [-0.15, -0.1) is 0 Å². The Balaban J connectivity index is 2.04. The summed E-state index contributed by atoms with van der Waals surface area (Å²) >= 11 is 5.97. The summed E-state index contributed by atoms with van der Waals surface area (Å²) in [7, 11) is 0. The average Bonchev–Trinajstić information content (AvgIpc) is 2.81. The third kappa shape index (κ3) is 2.51. The Morgan fingerprint density at radius 3 is 2.85 bits per heavy atom. The number of anilines is 1. The van der Waals surface area contributed by atoms with Crippen molar-refractivity contribution < 1.29 is 4.42 Å². The number of hydrogen-bond acceptors (Lipinski definition) is 3. The van der Waals surface area contributed by atoms with Crippen molar-refractivity contribution in [1.82, 2.24) is 4.98 Å². The molecular formula is C15H12ClN3O. The fraction of sp³-hybridized carbons (Fsp3) is 0.0667. The molecule has 0 saturated carbocycles. The molecular weight excluding hydrogens is 274 g/mol. The summed E-state index contributed by atoms with van der Waals surface area (Å²) < 4.78 is 5.75. The fourth-order valence-corrected chi connectivity index (χ4v) is 2.15. The van der Waals surface area contributed by atoms with Crippen LogP contribution in [0.25, 0.3) is 22.6 Å². The lowest BCUT2D eigenvalue weighted by Crippen LogP contribution is -2.04. The highest BCUT2D eigenvalue weighted by Gasteiger charge is 2.09. The third-order valence-electron chi connectivity index (χ3n) is 2.79. The number of rotatable bonds is 2. The molecule has 0 unspecified atom stereocenters. The molecule has 0 amide bonds. The van der Waals surface area contributed by atoms with Gasteiger partial charge in [0.05, 0.1) is 5.84 Å². The van der Waals surface area contributed by atoms with Crippen LogP contribution in [0.4, 0.5) is 5.69 Å². The summed E-state index contributed by atoms with van der Waals surface area (Å²) in [6.45, 7) is 1.68. The largest absolute Gasteiger partial charge is 0.436 e. The molecule has 5 heteroatoms. The van der Waals surface area contributed by atoms with Crippen molar-refractivity contribution in [2.75, 3.05) is 5.32 Å². The maximum absolute atomic E-state index is 7.43. The number of halogens is 1. The van der Waals surface area contributed by atoms with Gasteiger partial charge in [-0.05, 0) is 37.3 Å². The monoisotopic (exact) mass is 285 g/mol. The molecule has 0 spiro atoms. The van der Waals surface area contributed by atoms with E-state index in [4.69, 9.17) is 21.4 Å². The van der Waals surface area contributed by atoms with E-state index in [1.54, 1.807) is 6.92 Å². The number of amidine groups is 1. The minimum atomic E-state index is 0.374. The van der Waals surface area contributed by atoms with Crippen LogP contribution in [0.3, 0.4) is 0 Å². The number of hydrogen-bond donors (Lipinski definition) is 2. The smallest absolute Gasteiger partial charge is 0.227 e. The number of nitrogens with zero attached hydrogens (tertiary/aromatic N) is 1. The average molecular weight is 286 g/mol. The third-order valence-corrected chi connectivity index (χ3v) is 3.03. The van der Waals surface area contributed by atoms with E-state index in [2.05, 4.69) is 10.3 Å². The zero-order valence-corrected chi connectivity index (χ0v) is 11.5. The highest BCUT2D eigenvalue weighted by Crippen LogP contribution is 2.27. The summed E-state index contributed by atoms with van der Waals surface area (Å²) in [5, 5.41) is 11.0. The van der Waals surface area contributed by atoms with Gasteiger partial charge in [-0.1, -0.05) is 17.7 Å². The Bertz CT molecular complexity index is 795. The van der Waals surface area contributed by atoms with E-state index in [1.807, 2.05) is 42.5 Å². The second-order valence-corrected chi connectivity index (χ2v) is 4.90. The van der Waals surface area contributed by atoms with Gasteiger partial charge < -0.3 is 9.73 Å². The molecule has 2 aromatic carbocycles. The topological polar surface area (TPSA) is 61.9 Å². The first-order valence-electron chi connectivity index (χ1n) is 6.10. The zero-order chi connectivity index (χ0) is 14.1. The maximum atomic E-state index is 7.43. The highest BCUT2D eigenvalue weighted by atomic mass is 35.5. The molecule has 0 bridgehead atoms. The Kier molecular flexibility index (Phi) is 3.16.